The molecule has 0 saturated carbocycles. The molecule has 4 nitrogen and oxygen atoms in total. The predicted octanol–water partition coefficient (Wildman–Crippen LogP) is 12.8. The van der Waals surface area contributed by atoms with Crippen LogP contribution in [0, 0.1) is 0 Å². The number of aromatic hydroxyl groups is 3. The van der Waals surface area contributed by atoms with E-state index in [9.17, 15) is 15.3 Å². The molecule has 306 valence electrons. The molecule has 4 aromatic carbocycles. The van der Waals surface area contributed by atoms with Crippen LogP contribution < -0.4 is 5.73 Å². The molecular formula is C52H75NO3. The fraction of sp³-hybridized carbons (Fsp3) is 0.538. The Morgan fingerprint density at radius 2 is 0.536 bits per heavy atom. The summed E-state index contributed by atoms with van der Waals surface area (Å²) in [6.07, 6.45) is 2.04. The lowest BCUT2D eigenvalue weighted by atomic mass is 9.77. The van der Waals surface area contributed by atoms with Crippen LogP contribution in [0.4, 0.5) is 0 Å². The monoisotopic (exact) mass is 762 g/mol. The van der Waals surface area contributed by atoms with Crippen molar-refractivity contribution in [2.75, 3.05) is 0 Å². The third kappa shape index (κ3) is 10.0. The zero-order chi connectivity index (χ0) is 42.7. The first-order valence-electron chi connectivity index (χ1n) is 20.7. The van der Waals surface area contributed by atoms with Crippen LogP contribution in [0.5, 0.6) is 17.2 Å². The zero-order valence-corrected chi connectivity index (χ0v) is 38.4. The van der Waals surface area contributed by atoms with Crippen LogP contribution in [0.25, 0.3) is 0 Å². The quantitative estimate of drug-likeness (QED) is 0.151. The average Bonchev–Trinajstić information content (AvgIpc) is 3.00. The van der Waals surface area contributed by atoms with E-state index in [-0.39, 0.29) is 32.5 Å². The second-order valence-corrected chi connectivity index (χ2v) is 22.7. The third-order valence-electron chi connectivity index (χ3n) is 11.3. The van der Waals surface area contributed by atoms with Gasteiger partial charge >= 0.3 is 0 Å². The summed E-state index contributed by atoms with van der Waals surface area (Å²) in [6.45, 7) is 39.3. The topological polar surface area (TPSA) is 86.7 Å². The van der Waals surface area contributed by atoms with Gasteiger partial charge in [0.15, 0.2) is 0 Å². The Balaban J connectivity index is 2.04. The fourth-order valence-electron chi connectivity index (χ4n) is 8.04. The first-order chi connectivity index (χ1) is 25.2. The first kappa shape index (κ1) is 44.9. The lowest BCUT2D eigenvalue weighted by Gasteiger charge is -2.29. The van der Waals surface area contributed by atoms with E-state index >= 15 is 0 Å². The summed E-state index contributed by atoms with van der Waals surface area (Å²) in [4.78, 5) is 0. The van der Waals surface area contributed by atoms with Gasteiger partial charge in [0, 0.05) is 6.54 Å². The molecule has 0 fully saturated rings. The normalized spacial score (nSPS) is 13.4. The number of hydrogen-bond donors (Lipinski definition) is 4. The van der Waals surface area contributed by atoms with E-state index < -0.39 is 0 Å². The Morgan fingerprint density at radius 3 is 0.732 bits per heavy atom. The van der Waals surface area contributed by atoms with Crippen LogP contribution in [0.1, 0.15) is 197 Å². The van der Waals surface area contributed by atoms with Crippen molar-refractivity contribution < 1.29 is 15.3 Å². The van der Waals surface area contributed by atoms with E-state index in [4.69, 9.17) is 5.73 Å². The molecule has 0 aromatic heterocycles. The van der Waals surface area contributed by atoms with Crippen molar-refractivity contribution in [1.29, 1.82) is 0 Å². The van der Waals surface area contributed by atoms with E-state index in [0.717, 1.165) is 50.1 Å². The average molecular weight is 762 g/mol. The Hall–Kier alpha value is -3.76. The summed E-state index contributed by atoms with van der Waals surface area (Å²) in [5, 5.41) is 34.7. The van der Waals surface area contributed by atoms with Gasteiger partial charge in [0.2, 0.25) is 0 Å². The Kier molecular flexibility index (Phi) is 12.2. The van der Waals surface area contributed by atoms with Gasteiger partial charge in [-0.1, -0.05) is 173 Å². The second kappa shape index (κ2) is 15.2. The summed E-state index contributed by atoms with van der Waals surface area (Å²) in [6, 6.07) is 17.8. The van der Waals surface area contributed by atoms with E-state index in [2.05, 4.69) is 173 Å². The minimum Gasteiger partial charge on any atom is -0.507 e. The standard InChI is InChI=1S/C52H75NO3/c1-47(2,3)38-24-32(25-39(44(38)54)48(4,5)6)19-31-20-35(22-33-26-40(49(7,8)9)45(55)41(27-33)50(10,11)12)37(30-53)36(21-31)23-34-28-42(51(13,14)15)46(56)43(29-34)52(16,17)18/h20-21,24-29,54-56H,19,22-23,30,53H2,1-18H3. The molecule has 0 spiro atoms. The van der Waals surface area contributed by atoms with Crippen molar-refractivity contribution in [3.8, 4) is 17.2 Å². The van der Waals surface area contributed by atoms with Gasteiger partial charge < -0.3 is 21.1 Å². The molecule has 4 aromatic rings. The minimum absolute atomic E-state index is 0.234. The highest BCUT2D eigenvalue weighted by atomic mass is 16.3. The highest BCUT2D eigenvalue weighted by molar-refractivity contribution is 5.55. The summed E-state index contributed by atoms with van der Waals surface area (Å²) < 4.78 is 0. The third-order valence-corrected chi connectivity index (χ3v) is 11.3. The Morgan fingerprint density at radius 1 is 0.339 bits per heavy atom. The molecule has 0 aliphatic heterocycles. The molecule has 0 heterocycles. The zero-order valence-electron chi connectivity index (χ0n) is 38.4. The summed E-state index contributed by atoms with van der Waals surface area (Å²) in [5.74, 6) is 1.16. The molecule has 0 aliphatic rings. The molecule has 0 atom stereocenters. The maximum absolute atomic E-state index is 11.6. The Bertz CT molecular complexity index is 1860. The van der Waals surface area contributed by atoms with Gasteiger partial charge in [-0.15, -0.1) is 0 Å². The van der Waals surface area contributed by atoms with Gasteiger partial charge in [-0.25, -0.2) is 0 Å². The van der Waals surface area contributed by atoms with Crippen LogP contribution in [-0.2, 0) is 58.3 Å². The Labute approximate surface area is 341 Å². The van der Waals surface area contributed by atoms with Gasteiger partial charge in [0.1, 0.15) is 17.2 Å². The number of benzene rings is 4. The van der Waals surface area contributed by atoms with Crippen molar-refractivity contribution in [3.63, 3.8) is 0 Å². The maximum Gasteiger partial charge on any atom is 0.123 e. The number of rotatable bonds is 7. The summed E-state index contributed by atoms with van der Waals surface area (Å²) >= 11 is 0. The highest BCUT2D eigenvalue weighted by Gasteiger charge is 2.30. The van der Waals surface area contributed by atoms with E-state index in [1.54, 1.807) is 0 Å². The lowest BCUT2D eigenvalue weighted by molar-refractivity contribution is 0.422. The molecule has 5 N–H and O–H groups in total. The van der Waals surface area contributed by atoms with Crippen LogP contribution in [0.2, 0.25) is 0 Å². The fourth-order valence-corrected chi connectivity index (χ4v) is 8.04. The molecule has 4 heteroatoms. The van der Waals surface area contributed by atoms with Gasteiger partial charge in [-0.05, 0) is 124 Å². The SMILES string of the molecule is CC(C)(C)c1cc(Cc2cc(Cc3cc(C(C)(C)C)c(O)c(C(C)(C)C)c3)c(CN)c(Cc3cc(C(C)(C)C)c(O)c(C(C)(C)C)c3)c2)cc(C(C)(C)C)c1O. The molecule has 0 aliphatic carbocycles. The van der Waals surface area contributed by atoms with Crippen molar-refractivity contribution in [2.45, 2.75) is 183 Å². The van der Waals surface area contributed by atoms with Crippen LogP contribution in [-0.4, -0.2) is 15.3 Å². The van der Waals surface area contributed by atoms with Crippen LogP contribution >= 0.6 is 0 Å². The second-order valence-electron chi connectivity index (χ2n) is 22.7. The number of phenols is 3. The van der Waals surface area contributed by atoms with Gasteiger partial charge in [-0.3, -0.25) is 0 Å². The van der Waals surface area contributed by atoms with Crippen LogP contribution in [0.15, 0.2) is 48.5 Å². The molecule has 0 bridgehead atoms. The van der Waals surface area contributed by atoms with E-state index in [1.165, 1.54) is 22.3 Å². The largest absolute Gasteiger partial charge is 0.507 e. The van der Waals surface area contributed by atoms with Gasteiger partial charge in [-0.2, -0.15) is 0 Å². The molecule has 0 amide bonds. The summed E-state index contributed by atoms with van der Waals surface area (Å²) in [5.41, 5.74) is 19.2. The summed E-state index contributed by atoms with van der Waals surface area (Å²) in [7, 11) is 0. The smallest absolute Gasteiger partial charge is 0.123 e. The van der Waals surface area contributed by atoms with Crippen molar-refractivity contribution >= 4 is 0 Å². The molecule has 0 radical (unpaired) electrons. The van der Waals surface area contributed by atoms with Crippen LogP contribution in [0.3, 0.4) is 0 Å². The first-order valence-corrected chi connectivity index (χ1v) is 20.7. The van der Waals surface area contributed by atoms with E-state index in [1.807, 2.05) is 0 Å². The number of hydrogen-bond acceptors (Lipinski definition) is 4. The molecule has 56 heavy (non-hydrogen) atoms. The number of phenolic OH excluding ortho intramolecular Hbond substituents is 3. The van der Waals surface area contributed by atoms with Crippen molar-refractivity contribution in [2.24, 2.45) is 5.73 Å². The van der Waals surface area contributed by atoms with Gasteiger partial charge in [0.05, 0.1) is 0 Å². The molecule has 0 unspecified atom stereocenters. The maximum atomic E-state index is 11.6. The predicted molar refractivity (Wildman–Crippen MR) is 239 cm³/mol. The minimum atomic E-state index is -0.243. The molecular weight excluding hydrogens is 687 g/mol. The van der Waals surface area contributed by atoms with E-state index in [0.29, 0.717) is 43.1 Å². The molecule has 0 saturated heterocycles. The van der Waals surface area contributed by atoms with Gasteiger partial charge in [0.25, 0.3) is 0 Å². The highest BCUT2D eigenvalue weighted by Crippen LogP contribution is 2.44. The lowest BCUT2D eigenvalue weighted by Crippen LogP contribution is -2.19. The van der Waals surface area contributed by atoms with Crippen molar-refractivity contribution in [3.05, 3.63) is 121 Å². The number of nitrogens with two attached hydrogens (primary N) is 1. The molecule has 4 rings (SSSR count). The van der Waals surface area contributed by atoms with Crippen molar-refractivity contribution in [1.82, 2.24) is 0 Å².